The van der Waals surface area contributed by atoms with Gasteiger partial charge in [-0.15, -0.1) is 0 Å². The summed E-state index contributed by atoms with van der Waals surface area (Å²) in [6, 6.07) is 7.18. The third-order valence-corrected chi connectivity index (χ3v) is 9.65. The van der Waals surface area contributed by atoms with Crippen LogP contribution < -0.4 is 10.6 Å². The highest BCUT2D eigenvalue weighted by molar-refractivity contribution is 7.91. The minimum Gasteiger partial charge on any atom is -0.363 e. The summed E-state index contributed by atoms with van der Waals surface area (Å²) in [5.74, 6) is 0.811. The van der Waals surface area contributed by atoms with Gasteiger partial charge in [0.1, 0.15) is 18.8 Å². The number of sulfone groups is 1. The second-order valence-corrected chi connectivity index (χ2v) is 15.2. The molecule has 11 heteroatoms. The summed E-state index contributed by atoms with van der Waals surface area (Å²) in [7, 11) is -5.93. The number of alkyl halides is 3. The molecule has 3 aromatic rings. The van der Waals surface area contributed by atoms with Gasteiger partial charge in [-0.2, -0.15) is 13.2 Å². The van der Waals surface area contributed by atoms with Crippen molar-refractivity contribution < 1.29 is 26.2 Å². The number of nitrogens with zero attached hydrogens (tertiary/aromatic N) is 2. The predicted octanol–water partition coefficient (Wildman–Crippen LogP) is 5.89. The Hall–Kier alpha value is -2.71. The van der Waals surface area contributed by atoms with Crippen LogP contribution in [0.15, 0.2) is 36.4 Å². The van der Waals surface area contributed by atoms with Gasteiger partial charge in [0.2, 0.25) is 0 Å². The molecule has 6 nitrogen and oxygen atoms in total. The molecular weight excluding hydrogens is 522 g/mol. The zero-order valence-corrected chi connectivity index (χ0v) is 23.0. The first-order valence-corrected chi connectivity index (χ1v) is 16.2. The van der Waals surface area contributed by atoms with E-state index >= 15 is 0 Å². The first kappa shape index (κ1) is 27.3. The van der Waals surface area contributed by atoms with Gasteiger partial charge < -0.3 is 9.88 Å². The topological polar surface area (TPSA) is 89.0 Å². The second kappa shape index (κ2) is 9.55. The van der Waals surface area contributed by atoms with Crippen LogP contribution in [0.4, 0.5) is 19.0 Å². The molecule has 1 atom stereocenters. The zero-order chi connectivity index (χ0) is 27.3. The van der Waals surface area contributed by atoms with E-state index in [9.17, 15) is 26.2 Å². The average Bonchev–Trinajstić information content (AvgIpc) is 2.77. The normalized spacial score (nSPS) is 16.9. The van der Waals surface area contributed by atoms with Gasteiger partial charge in [0.25, 0.3) is 0 Å². The van der Waals surface area contributed by atoms with Gasteiger partial charge in [0.15, 0.2) is 9.84 Å². The predicted molar refractivity (Wildman–Crippen MR) is 143 cm³/mol. The molecule has 0 bridgehead atoms. The van der Waals surface area contributed by atoms with E-state index in [4.69, 9.17) is 0 Å². The minimum absolute atomic E-state index is 0.00933. The third kappa shape index (κ3) is 5.75. The summed E-state index contributed by atoms with van der Waals surface area (Å²) in [5, 5.41) is 4.48. The van der Waals surface area contributed by atoms with E-state index in [1.54, 1.807) is 45.4 Å². The standard InChI is InChI=1S/C26H29F3N3O3PS/c1-15-19(7-6-8-22(15)26(27,28)29)16(2)30-25-21-13-20(18-9-11-37(34,35)12-10-18)24(36(4,5)33)14-23(21)31-17(3)32-25/h6-9,13-14,16H,10-12H2,1-5H3,(H,30,31,32)/t16-/m1/s1. The summed E-state index contributed by atoms with van der Waals surface area (Å²) in [6.07, 6.45) is -2.50. The quantitative estimate of drug-likeness (QED) is 0.398. The van der Waals surface area contributed by atoms with Crippen LogP contribution in [-0.4, -0.2) is 43.2 Å². The van der Waals surface area contributed by atoms with E-state index in [0.717, 1.165) is 11.6 Å². The number of halogens is 3. The Kier molecular flexibility index (Phi) is 7.05. The molecule has 0 spiro atoms. The smallest absolute Gasteiger partial charge is 0.363 e. The molecule has 0 fully saturated rings. The average molecular weight is 552 g/mol. The third-order valence-electron chi connectivity index (χ3n) is 6.62. The Morgan fingerprint density at radius 2 is 1.81 bits per heavy atom. The van der Waals surface area contributed by atoms with Crippen molar-refractivity contribution in [2.75, 3.05) is 30.2 Å². The highest BCUT2D eigenvalue weighted by atomic mass is 32.2. The van der Waals surface area contributed by atoms with Gasteiger partial charge in [-0.3, -0.25) is 0 Å². The first-order valence-electron chi connectivity index (χ1n) is 11.8. The molecular formula is C26H29F3N3O3PS. The molecule has 198 valence electrons. The Bertz CT molecular complexity index is 1580. The van der Waals surface area contributed by atoms with Crippen molar-refractivity contribution in [3.8, 4) is 0 Å². The summed E-state index contributed by atoms with van der Waals surface area (Å²) in [6.45, 7) is 8.24. The van der Waals surface area contributed by atoms with E-state index in [1.165, 1.54) is 13.0 Å². The van der Waals surface area contributed by atoms with E-state index < -0.39 is 34.8 Å². The Balaban J connectivity index is 1.86. The Morgan fingerprint density at radius 3 is 2.41 bits per heavy atom. The van der Waals surface area contributed by atoms with E-state index in [0.29, 0.717) is 45.4 Å². The van der Waals surface area contributed by atoms with Crippen LogP contribution in [0, 0.1) is 13.8 Å². The molecule has 0 saturated heterocycles. The first-order chi connectivity index (χ1) is 17.1. The number of aryl methyl sites for hydroxylation is 1. The Labute approximate surface area is 214 Å². The fraction of sp³-hybridized carbons (Fsp3) is 0.385. The molecule has 0 saturated carbocycles. The molecule has 1 N–H and O–H groups in total. The SMILES string of the molecule is Cc1nc(N[C@H](C)c2cccc(C(F)(F)F)c2C)c2cc(C3=CCS(=O)(=O)CC3)c(P(C)(C)=O)cc2n1. The summed E-state index contributed by atoms with van der Waals surface area (Å²) >= 11 is 0. The molecule has 2 aromatic carbocycles. The lowest BCUT2D eigenvalue weighted by atomic mass is 9.97. The van der Waals surface area contributed by atoms with Crippen molar-refractivity contribution in [1.82, 2.24) is 9.97 Å². The van der Waals surface area contributed by atoms with Crippen LogP contribution in [0.3, 0.4) is 0 Å². The fourth-order valence-electron chi connectivity index (χ4n) is 4.73. The Morgan fingerprint density at radius 1 is 1.11 bits per heavy atom. The highest BCUT2D eigenvalue weighted by Crippen LogP contribution is 2.41. The fourth-order valence-corrected chi connectivity index (χ4v) is 7.10. The van der Waals surface area contributed by atoms with Gasteiger partial charge in [0, 0.05) is 10.7 Å². The minimum atomic E-state index is -4.46. The van der Waals surface area contributed by atoms with Crippen LogP contribution in [0.5, 0.6) is 0 Å². The highest BCUT2D eigenvalue weighted by Gasteiger charge is 2.33. The molecule has 0 unspecified atom stereocenters. The maximum Gasteiger partial charge on any atom is 0.416 e. The van der Waals surface area contributed by atoms with Crippen LogP contribution in [0.25, 0.3) is 16.5 Å². The number of allylic oxidation sites excluding steroid dienone is 1. The second-order valence-electron chi connectivity index (χ2n) is 9.83. The van der Waals surface area contributed by atoms with E-state index in [1.807, 2.05) is 6.07 Å². The number of hydrogen-bond donors (Lipinski definition) is 1. The van der Waals surface area contributed by atoms with Crippen molar-refractivity contribution >= 4 is 44.6 Å². The molecule has 2 heterocycles. The van der Waals surface area contributed by atoms with Crippen molar-refractivity contribution in [3.63, 3.8) is 0 Å². The number of rotatable bonds is 5. The van der Waals surface area contributed by atoms with Crippen LogP contribution in [0.1, 0.15) is 47.5 Å². The van der Waals surface area contributed by atoms with Crippen molar-refractivity contribution in [3.05, 3.63) is 64.5 Å². The molecule has 0 amide bonds. The lowest BCUT2D eigenvalue weighted by molar-refractivity contribution is -0.138. The van der Waals surface area contributed by atoms with E-state index in [-0.39, 0.29) is 17.1 Å². The number of benzene rings is 2. The molecule has 0 aliphatic carbocycles. The molecule has 0 radical (unpaired) electrons. The number of anilines is 1. The van der Waals surface area contributed by atoms with Gasteiger partial charge in [0.05, 0.1) is 28.6 Å². The zero-order valence-electron chi connectivity index (χ0n) is 21.3. The van der Waals surface area contributed by atoms with Crippen molar-refractivity contribution in [2.45, 2.75) is 39.4 Å². The number of nitrogens with one attached hydrogen (secondary N) is 1. The maximum atomic E-state index is 13.5. The van der Waals surface area contributed by atoms with Crippen molar-refractivity contribution in [1.29, 1.82) is 0 Å². The van der Waals surface area contributed by atoms with Crippen molar-refractivity contribution in [2.24, 2.45) is 0 Å². The van der Waals surface area contributed by atoms with Crippen LogP contribution in [-0.2, 0) is 20.6 Å². The summed E-state index contributed by atoms with van der Waals surface area (Å²) < 4.78 is 77.6. The van der Waals surface area contributed by atoms with E-state index in [2.05, 4.69) is 15.3 Å². The molecule has 1 aromatic heterocycles. The van der Waals surface area contributed by atoms with Gasteiger partial charge in [-0.05, 0) is 81.0 Å². The molecule has 4 rings (SSSR count). The molecule has 37 heavy (non-hydrogen) atoms. The van der Waals surface area contributed by atoms with Crippen LogP contribution in [0.2, 0.25) is 0 Å². The number of fused-ring (bicyclic) bond motifs is 1. The lowest BCUT2D eigenvalue weighted by Gasteiger charge is -2.23. The maximum absolute atomic E-state index is 13.5. The van der Waals surface area contributed by atoms with Crippen LogP contribution >= 0.6 is 7.14 Å². The van der Waals surface area contributed by atoms with Gasteiger partial charge in [-0.1, -0.05) is 18.2 Å². The molecule has 1 aliphatic heterocycles. The number of aromatic nitrogens is 2. The summed E-state index contributed by atoms with van der Waals surface area (Å²) in [5.41, 5.74) is 1.98. The summed E-state index contributed by atoms with van der Waals surface area (Å²) in [4.78, 5) is 9.07. The van der Waals surface area contributed by atoms with Gasteiger partial charge >= 0.3 is 6.18 Å². The number of hydrogen-bond acceptors (Lipinski definition) is 6. The van der Waals surface area contributed by atoms with Gasteiger partial charge in [-0.25, -0.2) is 18.4 Å². The largest absolute Gasteiger partial charge is 0.416 e. The lowest BCUT2D eigenvalue weighted by Crippen LogP contribution is -2.19. The monoisotopic (exact) mass is 551 g/mol. The molecule has 1 aliphatic rings.